The van der Waals surface area contributed by atoms with E-state index < -0.39 is 0 Å². The van der Waals surface area contributed by atoms with Gasteiger partial charge in [0.15, 0.2) is 0 Å². The van der Waals surface area contributed by atoms with E-state index in [0.717, 1.165) is 30.7 Å². The van der Waals surface area contributed by atoms with Gasteiger partial charge >= 0.3 is 0 Å². The van der Waals surface area contributed by atoms with Crippen LogP contribution >= 0.6 is 0 Å². The molecule has 3 heteroatoms. The monoisotopic (exact) mass is 251 g/mol. The number of hydrogen-bond donors (Lipinski definition) is 1. The summed E-state index contributed by atoms with van der Waals surface area (Å²) in [5, 5.41) is 3.80. The van der Waals surface area contributed by atoms with Crippen molar-refractivity contribution in [3.8, 4) is 0 Å². The first-order valence-corrected chi connectivity index (χ1v) is 7.86. The largest absolute Gasteiger partial charge is 0.311 e. The molecule has 3 atom stereocenters. The van der Waals surface area contributed by atoms with Crippen molar-refractivity contribution in [3.63, 3.8) is 0 Å². The third-order valence-corrected chi connectivity index (χ3v) is 5.16. The zero-order valence-corrected chi connectivity index (χ0v) is 12.2. The Kier molecular flexibility index (Phi) is 3.65. The molecule has 1 saturated heterocycles. The van der Waals surface area contributed by atoms with E-state index in [1.165, 1.54) is 38.6 Å². The first-order chi connectivity index (χ1) is 8.65. The number of likely N-dealkylation sites (N-methyl/N-ethyl adjacent to an activating group) is 1. The molecule has 0 aromatic carbocycles. The summed E-state index contributed by atoms with van der Waals surface area (Å²) in [6.45, 7) is 7.21. The average molecular weight is 251 g/mol. The fourth-order valence-electron chi connectivity index (χ4n) is 3.44. The topological polar surface area (TPSA) is 18.5 Å². The van der Waals surface area contributed by atoms with E-state index in [9.17, 15) is 0 Å². The Hall–Kier alpha value is -0.120. The van der Waals surface area contributed by atoms with Crippen LogP contribution in [0.1, 0.15) is 46.0 Å². The van der Waals surface area contributed by atoms with Gasteiger partial charge in [-0.3, -0.25) is 9.80 Å². The van der Waals surface area contributed by atoms with Crippen molar-refractivity contribution in [2.45, 2.75) is 76.2 Å². The number of rotatable bonds is 6. The number of likely N-dealkylation sites (tertiary alicyclic amines) is 1. The summed E-state index contributed by atoms with van der Waals surface area (Å²) in [5.74, 6) is 0. The van der Waals surface area contributed by atoms with Crippen LogP contribution in [0.4, 0.5) is 0 Å². The zero-order valence-electron chi connectivity index (χ0n) is 12.2. The summed E-state index contributed by atoms with van der Waals surface area (Å²) in [4.78, 5) is 5.29. The fourth-order valence-corrected chi connectivity index (χ4v) is 3.44. The molecule has 3 rings (SSSR count). The molecule has 3 nitrogen and oxygen atoms in total. The van der Waals surface area contributed by atoms with Crippen LogP contribution in [0.15, 0.2) is 0 Å². The SMILES string of the molecule is CC(CNC1CC(C)N(C2CC2)C1)N(C)C1CC1. The van der Waals surface area contributed by atoms with Crippen LogP contribution in [0, 0.1) is 0 Å². The van der Waals surface area contributed by atoms with Gasteiger partial charge in [-0.05, 0) is 53.0 Å². The molecule has 1 aliphatic heterocycles. The smallest absolute Gasteiger partial charge is 0.0210 e. The van der Waals surface area contributed by atoms with Gasteiger partial charge in [0.05, 0.1) is 0 Å². The normalized spacial score (nSPS) is 35.3. The molecular weight excluding hydrogens is 222 g/mol. The fraction of sp³-hybridized carbons (Fsp3) is 1.00. The Morgan fingerprint density at radius 2 is 2.00 bits per heavy atom. The molecule has 104 valence electrons. The van der Waals surface area contributed by atoms with Gasteiger partial charge in [0.2, 0.25) is 0 Å². The molecule has 2 saturated carbocycles. The minimum atomic E-state index is 0.683. The lowest BCUT2D eigenvalue weighted by atomic mass is 10.2. The van der Waals surface area contributed by atoms with Gasteiger partial charge in [-0.15, -0.1) is 0 Å². The maximum absolute atomic E-state index is 3.80. The van der Waals surface area contributed by atoms with Crippen LogP contribution < -0.4 is 5.32 Å². The van der Waals surface area contributed by atoms with Crippen LogP contribution in [-0.4, -0.2) is 60.1 Å². The maximum Gasteiger partial charge on any atom is 0.0210 e. The Labute approximate surface area is 112 Å². The average Bonchev–Trinajstić information content (AvgIpc) is 3.24. The molecule has 3 fully saturated rings. The second-order valence-corrected chi connectivity index (χ2v) is 6.86. The highest BCUT2D eigenvalue weighted by Gasteiger charge is 2.38. The second-order valence-electron chi connectivity index (χ2n) is 6.86. The van der Waals surface area contributed by atoms with Crippen molar-refractivity contribution in [1.29, 1.82) is 0 Å². The second kappa shape index (κ2) is 5.10. The van der Waals surface area contributed by atoms with E-state index in [-0.39, 0.29) is 0 Å². The molecule has 3 unspecified atom stereocenters. The first kappa shape index (κ1) is 12.9. The summed E-state index contributed by atoms with van der Waals surface area (Å²) < 4.78 is 0. The minimum absolute atomic E-state index is 0.683. The number of nitrogens with one attached hydrogen (secondary N) is 1. The first-order valence-electron chi connectivity index (χ1n) is 7.86. The quantitative estimate of drug-likeness (QED) is 0.775. The predicted octanol–water partition coefficient (Wildman–Crippen LogP) is 1.68. The van der Waals surface area contributed by atoms with Crippen LogP contribution in [-0.2, 0) is 0 Å². The summed E-state index contributed by atoms with van der Waals surface area (Å²) >= 11 is 0. The molecule has 1 heterocycles. The van der Waals surface area contributed by atoms with Gasteiger partial charge in [-0.1, -0.05) is 0 Å². The van der Waals surface area contributed by atoms with Gasteiger partial charge in [0.1, 0.15) is 0 Å². The lowest BCUT2D eigenvalue weighted by Gasteiger charge is -2.26. The van der Waals surface area contributed by atoms with Crippen molar-refractivity contribution in [3.05, 3.63) is 0 Å². The molecule has 0 bridgehead atoms. The van der Waals surface area contributed by atoms with Crippen molar-refractivity contribution in [2.24, 2.45) is 0 Å². The summed E-state index contributed by atoms with van der Waals surface area (Å²) in [5.41, 5.74) is 0. The Bertz CT molecular complexity index is 285. The highest BCUT2D eigenvalue weighted by Crippen LogP contribution is 2.33. The molecule has 0 amide bonds. The summed E-state index contributed by atoms with van der Waals surface area (Å²) in [7, 11) is 2.29. The van der Waals surface area contributed by atoms with Crippen molar-refractivity contribution in [2.75, 3.05) is 20.1 Å². The van der Waals surface area contributed by atoms with Gasteiger partial charge in [-0.2, -0.15) is 0 Å². The maximum atomic E-state index is 3.80. The zero-order chi connectivity index (χ0) is 12.7. The van der Waals surface area contributed by atoms with E-state index in [2.05, 4.69) is 36.0 Å². The molecule has 1 N–H and O–H groups in total. The van der Waals surface area contributed by atoms with Crippen LogP contribution in [0.3, 0.4) is 0 Å². The molecule has 2 aliphatic carbocycles. The van der Waals surface area contributed by atoms with Crippen LogP contribution in [0.5, 0.6) is 0 Å². The van der Waals surface area contributed by atoms with E-state index in [0.29, 0.717) is 6.04 Å². The number of hydrogen-bond acceptors (Lipinski definition) is 3. The van der Waals surface area contributed by atoms with Crippen molar-refractivity contribution < 1.29 is 0 Å². The van der Waals surface area contributed by atoms with Gasteiger partial charge < -0.3 is 5.32 Å². The molecular formula is C15H29N3. The highest BCUT2D eigenvalue weighted by atomic mass is 15.3. The predicted molar refractivity (Wildman–Crippen MR) is 75.8 cm³/mol. The third kappa shape index (κ3) is 2.89. The Morgan fingerprint density at radius 1 is 1.28 bits per heavy atom. The molecule has 18 heavy (non-hydrogen) atoms. The van der Waals surface area contributed by atoms with Crippen molar-refractivity contribution >= 4 is 0 Å². The van der Waals surface area contributed by atoms with E-state index >= 15 is 0 Å². The van der Waals surface area contributed by atoms with Gasteiger partial charge in [0.25, 0.3) is 0 Å². The molecule has 3 aliphatic rings. The Balaban J connectivity index is 1.40. The van der Waals surface area contributed by atoms with Gasteiger partial charge in [-0.25, -0.2) is 0 Å². The third-order valence-electron chi connectivity index (χ3n) is 5.16. The molecule has 0 spiro atoms. The summed E-state index contributed by atoms with van der Waals surface area (Å²) in [6.07, 6.45) is 7.06. The lowest BCUT2D eigenvalue weighted by molar-refractivity contribution is 0.231. The minimum Gasteiger partial charge on any atom is -0.311 e. The van der Waals surface area contributed by atoms with Crippen molar-refractivity contribution in [1.82, 2.24) is 15.1 Å². The summed E-state index contributed by atoms with van der Waals surface area (Å²) in [6, 6.07) is 4.02. The van der Waals surface area contributed by atoms with E-state index in [4.69, 9.17) is 0 Å². The van der Waals surface area contributed by atoms with Crippen LogP contribution in [0.2, 0.25) is 0 Å². The van der Waals surface area contributed by atoms with E-state index in [1.54, 1.807) is 0 Å². The lowest BCUT2D eigenvalue weighted by Crippen LogP contribution is -2.43. The van der Waals surface area contributed by atoms with E-state index in [1.807, 2.05) is 0 Å². The number of nitrogens with zero attached hydrogens (tertiary/aromatic N) is 2. The standard InChI is InChI=1S/C15H29N3/c1-11-8-13(10-18(11)15-6-7-15)16-9-12(2)17(3)14-4-5-14/h11-16H,4-10H2,1-3H3. The molecule has 0 aromatic rings. The Morgan fingerprint density at radius 3 is 2.61 bits per heavy atom. The molecule has 0 radical (unpaired) electrons. The van der Waals surface area contributed by atoms with Crippen LogP contribution in [0.25, 0.3) is 0 Å². The highest BCUT2D eigenvalue weighted by molar-refractivity contribution is 4.96. The van der Waals surface area contributed by atoms with Gasteiger partial charge in [0, 0.05) is 43.3 Å². The molecule has 0 aromatic heterocycles.